The number of amides is 1. The van der Waals surface area contributed by atoms with Crippen molar-refractivity contribution in [3.63, 3.8) is 0 Å². The van der Waals surface area contributed by atoms with Gasteiger partial charge in [-0.05, 0) is 37.6 Å². The quantitative estimate of drug-likeness (QED) is 0.487. The number of anilines is 1. The lowest BCUT2D eigenvalue weighted by molar-refractivity contribution is 0.0993. The van der Waals surface area contributed by atoms with Crippen molar-refractivity contribution in [2.45, 2.75) is 13.8 Å². The van der Waals surface area contributed by atoms with Gasteiger partial charge < -0.3 is 14.5 Å². The summed E-state index contributed by atoms with van der Waals surface area (Å²) in [6.07, 6.45) is 0. The van der Waals surface area contributed by atoms with E-state index in [2.05, 4.69) is 5.32 Å². The maximum Gasteiger partial charge on any atom is 0.344 e. The smallest absolute Gasteiger partial charge is 0.344 e. The van der Waals surface area contributed by atoms with Crippen LogP contribution in [0.1, 0.15) is 23.0 Å². The van der Waals surface area contributed by atoms with Crippen LogP contribution in [0.2, 0.25) is 0 Å². The van der Waals surface area contributed by atoms with E-state index in [0.717, 1.165) is 11.1 Å². The second-order valence-corrected chi connectivity index (χ2v) is 6.89. The van der Waals surface area contributed by atoms with Crippen LogP contribution in [0.15, 0.2) is 82.0 Å². The van der Waals surface area contributed by atoms with Crippen LogP contribution in [0.5, 0.6) is 5.75 Å². The van der Waals surface area contributed by atoms with E-state index in [-0.39, 0.29) is 5.76 Å². The minimum atomic E-state index is -0.551. The Morgan fingerprint density at radius 1 is 0.933 bits per heavy atom. The van der Waals surface area contributed by atoms with Crippen molar-refractivity contribution in [3.05, 3.63) is 94.5 Å². The molecule has 4 aromatic rings. The molecular weight excluding hydrogens is 378 g/mol. The van der Waals surface area contributed by atoms with Gasteiger partial charge in [0.25, 0.3) is 5.91 Å². The van der Waals surface area contributed by atoms with Crippen molar-refractivity contribution >= 4 is 22.4 Å². The van der Waals surface area contributed by atoms with Crippen LogP contribution in [0.3, 0.4) is 0 Å². The Labute approximate surface area is 173 Å². The highest BCUT2D eigenvalue weighted by atomic mass is 16.5. The number of nitrogens with one attached hydrogen (secondary N) is 1. The molecule has 0 spiro atoms. The van der Waals surface area contributed by atoms with Crippen molar-refractivity contribution in [2.75, 3.05) is 11.9 Å². The van der Waals surface area contributed by atoms with Gasteiger partial charge in [-0.15, -0.1) is 0 Å². The maximum atomic E-state index is 13.2. The first-order valence-electron chi connectivity index (χ1n) is 9.74. The van der Waals surface area contributed by atoms with Crippen molar-refractivity contribution in [3.8, 4) is 16.9 Å². The van der Waals surface area contributed by atoms with Gasteiger partial charge in [0.05, 0.1) is 17.7 Å². The first kappa shape index (κ1) is 19.5. The summed E-state index contributed by atoms with van der Waals surface area (Å²) in [5, 5.41) is 3.93. The summed E-state index contributed by atoms with van der Waals surface area (Å²) in [4.78, 5) is 25.8. The maximum absolute atomic E-state index is 13.2. The summed E-state index contributed by atoms with van der Waals surface area (Å²) in [5.41, 5.74) is 2.43. The van der Waals surface area contributed by atoms with Crippen LogP contribution >= 0.6 is 0 Å². The number of para-hydroxylation sites is 2. The van der Waals surface area contributed by atoms with E-state index < -0.39 is 11.5 Å². The molecule has 1 N–H and O–H groups in total. The topological polar surface area (TPSA) is 68.5 Å². The zero-order chi connectivity index (χ0) is 21.1. The van der Waals surface area contributed by atoms with Gasteiger partial charge in [-0.1, -0.05) is 60.2 Å². The van der Waals surface area contributed by atoms with Crippen LogP contribution < -0.4 is 15.7 Å². The number of aryl methyl sites for hydroxylation is 1. The lowest BCUT2D eigenvalue weighted by Crippen LogP contribution is -2.17. The molecule has 0 saturated carbocycles. The normalized spacial score (nSPS) is 10.7. The minimum Gasteiger partial charge on any atom is -0.492 e. The fraction of sp³-hybridized carbons (Fsp3) is 0.120. The molecular formula is C25H21NO4. The van der Waals surface area contributed by atoms with Crippen molar-refractivity contribution in [1.29, 1.82) is 0 Å². The number of fused-ring (bicyclic) bond motifs is 1. The molecule has 5 heteroatoms. The molecule has 4 rings (SSSR count). The third-order valence-electron chi connectivity index (χ3n) is 4.82. The number of hydrogen-bond donors (Lipinski definition) is 1. The highest BCUT2D eigenvalue weighted by Gasteiger charge is 2.22. The molecule has 30 heavy (non-hydrogen) atoms. The van der Waals surface area contributed by atoms with Crippen LogP contribution in [0.25, 0.3) is 21.9 Å². The molecule has 1 amide bonds. The Kier molecular flexibility index (Phi) is 5.35. The predicted octanol–water partition coefficient (Wildman–Crippen LogP) is 5.42. The Hall–Kier alpha value is -3.86. The summed E-state index contributed by atoms with van der Waals surface area (Å²) in [7, 11) is 0. The van der Waals surface area contributed by atoms with E-state index in [9.17, 15) is 9.59 Å². The third kappa shape index (κ3) is 3.70. The standard InChI is InChI=1S/C25H21NO4/c1-3-29-21-11-7-6-10-20(21)26-24(27)23-22(17-14-12-16(2)13-15-17)18-8-4-5-9-19(18)25(28)30-23/h4-15H,3H2,1-2H3,(H,26,27). The van der Waals surface area contributed by atoms with E-state index in [4.69, 9.17) is 9.15 Å². The van der Waals surface area contributed by atoms with Gasteiger partial charge in [-0.2, -0.15) is 0 Å². The molecule has 1 heterocycles. The molecule has 0 unspecified atom stereocenters. The van der Waals surface area contributed by atoms with Crippen LogP contribution in [-0.2, 0) is 0 Å². The van der Waals surface area contributed by atoms with E-state index in [1.807, 2.05) is 56.3 Å². The second-order valence-electron chi connectivity index (χ2n) is 6.89. The van der Waals surface area contributed by atoms with Crippen molar-refractivity contribution in [1.82, 2.24) is 0 Å². The fourth-order valence-corrected chi connectivity index (χ4v) is 3.40. The van der Waals surface area contributed by atoms with Gasteiger partial charge in [0, 0.05) is 10.9 Å². The molecule has 0 aliphatic carbocycles. The van der Waals surface area contributed by atoms with E-state index >= 15 is 0 Å². The van der Waals surface area contributed by atoms with Gasteiger partial charge in [0.1, 0.15) is 5.75 Å². The van der Waals surface area contributed by atoms with Gasteiger partial charge in [-0.3, -0.25) is 4.79 Å². The largest absolute Gasteiger partial charge is 0.492 e. The van der Waals surface area contributed by atoms with Gasteiger partial charge in [0.2, 0.25) is 5.76 Å². The third-order valence-corrected chi connectivity index (χ3v) is 4.82. The summed E-state index contributed by atoms with van der Waals surface area (Å²) >= 11 is 0. The summed E-state index contributed by atoms with van der Waals surface area (Å²) in [6.45, 7) is 4.33. The lowest BCUT2D eigenvalue weighted by atomic mass is 9.97. The fourth-order valence-electron chi connectivity index (χ4n) is 3.40. The first-order chi connectivity index (χ1) is 14.6. The summed E-state index contributed by atoms with van der Waals surface area (Å²) < 4.78 is 11.1. The van der Waals surface area contributed by atoms with Crippen LogP contribution in [-0.4, -0.2) is 12.5 Å². The van der Waals surface area contributed by atoms with Crippen molar-refractivity contribution in [2.24, 2.45) is 0 Å². The summed E-state index contributed by atoms with van der Waals surface area (Å²) in [6, 6.07) is 22.0. The van der Waals surface area contributed by atoms with Crippen LogP contribution in [0.4, 0.5) is 5.69 Å². The average molecular weight is 399 g/mol. The molecule has 1 aromatic heterocycles. The Morgan fingerprint density at radius 2 is 1.60 bits per heavy atom. The van der Waals surface area contributed by atoms with E-state index in [1.54, 1.807) is 30.3 Å². The number of rotatable bonds is 5. The molecule has 0 saturated heterocycles. The predicted molar refractivity (Wildman–Crippen MR) is 118 cm³/mol. The highest BCUT2D eigenvalue weighted by molar-refractivity contribution is 6.12. The molecule has 0 radical (unpaired) electrons. The highest BCUT2D eigenvalue weighted by Crippen LogP contribution is 2.32. The number of hydrogen-bond acceptors (Lipinski definition) is 4. The van der Waals surface area contributed by atoms with Gasteiger partial charge in [0.15, 0.2) is 0 Å². The second kappa shape index (κ2) is 8.25. The van der Waals surface area contributed by atoms with Crippen molar-refractivity contribution < 1.29 is 13.9 Å². The molecule has 0 fully saturated rings. The molecule has 0 bridgehead atoms. The SMILES string of the molecule is CCOc1ccccc1NC(=O)c1oc(=O)c2ccccc2c1-c1ccc(C)cc1. The molecule has 0 aliphatic heterocycles. The molecule has 3 aromatic carbocycles. The zero-order valence-electron chi connectivity index (χ0n) is 16.8. The number of carbonyl (C=O) groups is 1. The molecule has 0 atom stereocenters. The Balaban J connectivity index is 1.88. The van der Waals surface area contributed by atoms with Gasteiger partial charge >= 0.3 is 5.63 Å². The molecule has 150 valence electrons. The zero-order valence-corrected chi connectivity index (χ0v) is 16.8. The van der Waals surface area contributed by atoms with E-state index in [0.29, 0.717) is 34.4 Å². The Bertz CT molecular complexity index is 1270. The van der Waals surface area contributed by atoms with Crippen LogP contribution in [0, 0.1) is 6.92 Å². The summed E-state index contributed by atoms with van der Waals surface area (Å²) in [5.74, 6) is 0.00260. The average Bonchev–Trinajstić information content (AvgIpc) is 2.76. The number of ether oxygens (including phenoxy) is 1. The lowest BCUT2D eigenvalue weighted by Gasteiger charge is -2.14. The Morgan fingerprint density at radius 3 is 2.33 bits per heavy atom. The molecule has 5 nitrogen and oxygen atoms in total. The van der Waals surface area contributed by atoms with E-state index in [1.165, 1.54) is 0 Å². The minimum absolute atomic E-state index is 0.0335. The number of carbonyl (C=O) groups excluding carboxylic acids is 1. The monoisotopic (exact) mass is 399 g/mol. The molecule has 0 aliphatic rings. The first-order valence-corrected chi connectivity index (χ1v) is 9.74. The van der Waals surface area contributed by atoms with Gasteiger partial charge in [-0.25, -0.2) is 4.79 Å². The number of benzene rings is 3.